The van der Waals surface area contributed by atoms with Crippen molar-refractivity contribution in [2.75, 3.05) is 19.8 Å². The highest BCUT2D eigenvalue weighted by Gasteiger charge is 2.17. The fraction of sp³-hybridized carbons (Fsp3) is 0.729. The van der Waals surface area contributed by atoms with Crippen LogP contribution in [0.5, 0.6) is 0 Å². The smallest absolute Gasteiger partial charge is 0.306 e. The van der Waals surface area contributed by atoms with Gasteiger partial charge in [0, 0.05) is 19.4 Å². The summed E-state index contributed by atoms with van der Waals surface area (Å²) >= 11 is 0. The molecule has 0 aromatic carbocycles. The maximum Gasteiger partial charge on any atom is 0.306 e. The summed E-state index contributed by atoms with van der Waals surface area (Å²) in [6.45, 7) is 7.63. The molecule has 0 heterocycles. The normalized spacial score (nSPS) is 12.9. The third-order valence-electron chi connectivity index (χ3n) is 11.4. The van der Waals surface area contributed by atoms with Crippen molar-refractivity contribution in [3.63, 3.8) is 0 Å². The highest BCUT2D eigenvalue weighted by atomic mass is 16.6. The Labute approximate surface area is 397 Å². The van der Waals surface area contributed by atoms with E-state index < -0.39 is 6.10 Å². The highest BCUT2D eigenvalue weighted by Crippen LogP contribution is 2.15. The van der Waals surface area contributed by atoms with Gasteiger partial charge >= 0.3 is 11.9 Å². The second kappa shape index (κ2) is 54.4. The number of carbonyl (C=O) groups is 2. The Morgan fingerprint density at radius 2 is 0.734 bits per heavy atom. The van der Waals surface area contributed by atoms with Crippen LogP contribution in [0.1, 0.15) is 252 Å². The number of carbonyl (C=O) groups excluding carboxylic acids is 2. The molecule has 5 heteroatoms. The molecule has 0 aliphatic carbocycles. The average Bonchev–Trinajstić information content (AvgIpc) is 3.30. The molecule has 64 heavy (non-hydrogen) atoms. The third kappa shape index (κ3) is 51.7. The monoisotopic (exact) mass is 891 g/mol. The van der Waals surface area contributed by atoms with Crippen LogP contribution in [0.15, 0.2) is 85.1 Å². The van der Waals surface area contributed by atoms with E-state index in [2.05, 4.69) is 99.8 Å². The molecule has 0 aromatic rings. The van der Waals surface area contributed by atoms with Gasteiger partial charge < -0.3 is 14.2 Å². The summed E-state index contributed by atoms with van der Waals surface area (Å²) in [5, 5.41) is 0. The van der Waals surface area contributed by atoms with E-state index in [1.807, 2.05) is 6.08 Å². The first-order valence-corrected chi connectivity index (χ1v) is 27.1. The van der Waals surface area contributed by atoms with E-state index in [1.165, 1.54) is 135 Å². The number of hydrogen-bond acceptors (Lipinski definition) is 5. The molecule has 0 spiro atoms. The number of esters is 2. The summed E-state index contributed by atoms with van der Waals surface area (Å²) in [7, 11) is 0. The Bertz CT molecular complexity index is 1190. The van der Waals surface area contributed by atoms with Gasteiger partial charge in [-0.15, -0.1) is 0 Å². The third-order valence-corrected chi connectivity index (χ3v) is 11.4. The predicted molar refractivity (Wildman–Crippen MR) is 279 cm³/mol. The van der Waals surface area contributed by atoms with Crippen molar-refractivity contribution in [3.05, 3.63) is 85.1 Å². The number of allylic oxidation sites excluding steroid dienone is 14. The standard InChI is InChI=1S/C59H102O5/c1-4-7-10-13-16-19-22-25-27-29-30-31-32-35-37-40-43-46-49-52-58(60)63-56-57(64-59(61)53-50-47-44-41-38-34-24-21-18-15-12-9-6-3)55-62-54-51-48-45-42-39-36-33-28-26-23-20-17-14-11-8-5-2/h7,10,16,19,21,24-25,27,30-31,35,37,43,46,57H,4-6,8-9,11-15,17-18,20,22-23,26,28-29,32-34,36,38-42,44-45,47-56H2,1-3H3/b10-7-,19-16-,24-21-,27-25-,31-30-,37-35-,46-43-. The molecule has 0 aromatic heterocycles. The topological polar surface area (TPSA) is 61.8 Å². The first-order valence-electron chi connectivity index (χ1n) is 27.1. The Balaban J connectivity index is 4.37. The molecule has 0 radical (unpaired) electrons. The Morgan fingerprint density at radius 1 is 0.359 bits per heavy atom. The number of hydrogen-bond donors (Lipinski definition) is 0. The summed E-state index contributed by atoms with van der Waals surface area (Å²) in [4.78, 5) is 25.4. The van der Waals surface area contributed by atoms with Crippen molar-refractivity contribution < 1.29 is 23.8 Å². The largest absolute Gasteiger partial charge is 0.462 e. The van der Waals surface area contributed by atoms with Crippen LogP contribution in [0.4, 0.5) is 0 Å². The van der Waals surface area contributed by atoms with Crippen molar-refractivity contribution >= 4 is 11.9 Å². The Hall–Kier alpha value is -2.92. The van der Waals surface area contributed by atoms with Gasteiger partial charge in [0.2, 0.25) is 0 Å². The van der Waals surface area contributed by atoms with E-state index in [0.717, 1.165) is 77.0 Å². The fourth-order valence-corrected chi connectivity index (χ4v) is 7.41. The van der Waals surface area contributed by atoms with Crippen LogP contribution in [0, 0.1) is 0 Å². The lowest BCUT2D eigenvalue weighted by Crippen LogP contribution is -2.30. The molecule has 0 saturated carbocycles. The van der Waals surface area contributed by atoms with Crippen molar-refractivity contribution in [2.45, 2.75) is 258 Å². The number of rotatable bonds is 49. The summed E-state index contributed by atoms with van der Waals surface area (Å²) in [6.07, 6.45) is 71.8. The van der Waals surface area contributed by atoms with Gasteiger partial charge in [0.05, 0.1) is 6.61 Å². The van der Waals surface area contributed by atoms with Crippen LogP contribution >= 0.6 is 0 Å². The summed E-state index contributed by atoms with van der Waals surface area (Å²) < 4.78 is 17.4. The summed E-state index contributed by atoms with van der Waals surface area (Å²) in [5.74, 6) is -0.499. The molecule has 0 bridgehead atoms. The molecular formula is C59H102O5. The Kier molecular flexibility index (Phi) is 51.9. The fourth-order valence-electron chi connectivity index (χ4n) is 7.41. The van der Waals surface area contributed by atoms with Gasteiger partial charge in [0.15, 0.2) is 6.10 Å². The molecule has 5 nitrogen and oxygen atoms in total. The van der Waals surface area contributed by atoms with E-state index in [1.54, 1.807) is 0 Å². The number of ether oxygens (including phenoxy) is 3. The van der Waals surface area contributed by atoms with Crippen molar-refractivity contribution in [1.82, 2.24) is 0 Å². The van der Waals surface area contributed by atoms with Crippen LogP contribution in [-0.2, 0) is 23.8 Å². The molecule has 368 valence electrons. The molecule has 0 saturated heterocycles. The summed E-state index contributed by atoms with van der Waals surface area (Å²) in [5.41, 5.74) is 0. The SMILES string of the molecule is CC/C=C\C/C=C\C/C=C\C/C=C\C/C=C\C/C=C\CCC(=O)OCC(COCCCCCCCCCCCCCCCCCC)OC(=O)CCCCCCC/C=C\CCCCCC. The highest BCUT2D eigenvalue weighted by molar-refractivity contribution is 5.70. The van der Waals surface area contributed by atoms with E-state index >= 15 is 0 Å². The van der Waals surface area contributed by atoms with Gasteiger partial charge in [0.1, 0.15) is 6.61 Å². The lowest BCUT2D eigenvalue weighted by molar-refractivity contribution is -0.162. The zero-order valence-corrected chi connectivity index (χ0v) is 42.3. The van der Waals surface area contributed by atoms with E-state index in [-0.39, 0.29) is 25.2 Å². The minimum Gasteiger partial charge on any atom is -0.462 e. The zero-order chi connectivity index (χ0) is 46.3. The quantitative estimate of drug-likeness (QED) is 0.0346. The Morgan fingerprint density at radius 3 is 1.20 bits per heavy atom. The minimum atomic E-state index is -0.572. The van der Waals surface area contributed by atoms with Crippen LogP contribution in [0.25, 0.3) is 0 Å². The molecule has 0 amide bonds. The lowest BCUT2D eigenvalue weighted by Gasteiger charge is -2.18. The van der Waals surface area contributed by atoms with Crippen molar-refractivity contribution in [3.8, 4) is 0 Å². The van der Waals surface area contributed by atoms with Gasteiger partial charge in [-0.3, -0.25) is 9.59 Å². The van der Waals surface area contributed by atoms with Gasteiger partial charge in [-0.25, -0.2) is 0 Å². The first-order chi connectivity index (χ1) is 31.6. The molecule has 0 aliphatic heterocycles. The van der Waals surface area contributed by atoms with Gasteiger partial charge in [-0.1, -0.05) is 241 Å². The second-order valence-electron chi connectivity index (χ2n) is 17.8. The second-order valence-corrected chi connectivity index (χ2v) is 17.8. The van der Waals surface area contributed by atoms with Crippen LogP contribution in [0.2, 0.25) is 0 Å². The van der Waals surface area contributed by atoms with Gasteiger partial charge in [-0.2, -0.15) is 0 Å². The van der Waals surface area contributed by atoms with Crippen molar-refractivity contribution in [1.29, 1.82) is 0 Å². The van der Waals surface area contributed by atoms with Crippen LogP contribution in [0.3, 0.4) is 0 Å². The van der Waals surface area contributed by atoms with Crippen LogP contribution in [-0.4, -0.2) is 37.9 Å². The van der Waals surface area contributed by atoms with Crippen LogP contribution < -0.4 is 0 Å². The maximum absolute atomic E-state index is 12.8. The lowest BCUT2D eigenvalue weighted by atomic mass is 10.0. The van der Waals surface area contributed by atoms with Crippen molar-refractivity contribution in [2.24, 2.45) is 0 Å². The molecule has 0 fully saturated rings. The number of unbranched alkanes of at least 4 members (excludes halogenated alkanes) is 24. The average molecular weight is 891 g/mol. The van der Waals surface area contributed by atoms with E-state index in [0.29, 0.717) is 25.9 Å². The molecule has 0 aliphatic rings. The van der Waals surface area contributed by atoms with Gasteiger partial charge in [-0.05, 0) is 83.5 Å². The van der Waals surface area contributed by atoms with Gasteiger partial charge in [0.25, 0.3) is 0 Å². The molecular weight excluding hydrogens is 789 g/mol. The summed E-state index contributed by atoms with van der Waals surface area (Å²) in [6, 6.07) is 0. The first kappa shape index (κ1) is 61.1. The predicted octanol–water partition coefficient (Wildman–Crippen LogP) is 18.5. The zero-order valence-electron chi connectivity index (χ0n) is 42.3. The molecule has 1 unspecified atom stereocenters. The molecule has 0 rings (SSSR count). The van der Waals surface area contributed by atoms with E-state index in [4.69, 9.17) is 14.2 Å². The maximum atomic E-state index is 12.8. The molecule has 0 N–H and O–H groups in total. The molecule has 1 atom stereocenters. The minimum absolute atomic E-state index is 0.0411. The van der Waals surface area contributed by atoms with E-state index in [9.17, 15) is 9.59 Å².